The molecule has 1 amide bonds. The molecule has 20 heavy (non-hydrogen) atoms. The van der Waals surface area contributed by atoms with Crippen molar-refractivity contribution in [1.29, 1.82) is 0 Å². The molecule has 2 heterocycles. The van der Waals surface area contributed by atoms with Crippen molar-refractivity contribution in [3.63, 3.8) is 0 Å². The van der Waals surface area contributed by atoms with Crippen LogP contribution in [-0.2, 0) is 14.6 Å². The Bertz CT molecular complexity index is 419. The van der Waals surface area contributed by atoms with E-state index in [1.165, 1.54) is 19.3 Å². The molecule has 2 fully saturated rings. The Balaban J connectivity index is 1.62. The number of carbonyl (C=O) groups excluding carboxylic acids is 1. The van der Waals surface area contributed by atoms with Crippen LogP contribution in [-0.4, -0.2) is 69.5 Å². The Labute approximate surface area is 121 Å². The van der Waals surface area contributed by atoms with Crippen LogP contribution in [0, 0.1) is 0 Å². The van der Waals surface area contributed by atoms with Gasteiger partial charge in [-0.2, -0.15) is 0 Å². The molecule has 116 valence electrons. The summed E-state index contributed by atoms with van der Waals surface area (Å²) in [6, 6.07) is -0.233. The first-order valence-corrected chi connectivity index (χ1v) is 9.30. The maximum Gasteiger partial charge on any atom is 0.221 e. The SMILES string of the molecule is O=C(CC1CS(=O)(=O)CCN1)NCCN1CCCCC1. The fraction of sp³-hybridized carbons (Fsp3) is 0.923. The summed E-state index contributed by atoms with van der Waals surface area (Å²) in [5.41, 5.74) is 0. The third-order valence-electron chi connectivity index (χ3n) is 3.93. The van der Waals surface area contributed by atoms with E-state index in [2.05, 4.69) is 15.5 Å². The second kappa shape index (κ2) is 7.38. The zero-order valence-corrected chi connectivity index (χ0v) is 12.8. The number of carbonyl (C=O) groups is 1. The van der Waals surface area contributed by atoms with Crippen molar-refractivity contribution in [2.75, 3.05) is 44.2 Å². The Morgan fingerprint density at radius 3 is 2.70 bits per heavy atom. The molecule has 0 aliphatic carbocycles. The third kappa shape index (κ3) is 5.38. The molecule has 2 aliphatic rings. The molecule has 0 bridgehead atoms. The number of piperidine rings is 1. The first-order valence-electron chi connectivity index (χ1n) is 7.48. The van der Waals surface area contributed by atoms with Crippen molar-refractivity contribution in [3.8, 4) is 0 Å². The molecule has 0 radical (unpaired) electrons. The largest absolute Gasteiger partial charge is 0.355 e. The van der Waals surface area contributed by atoms with Crippen LogP contribution in [0.15, 0.2) is 0 Å². The lowest BCUT2D eigenvalue weighted by molar-refractivity contribution is -0.121. The Kier molecular flexibility index (Phi) is 5.80. The second-order valence-corrected chi connectivity index (χ2v) is 7.95. The molecular formula is C13H25N3O3S. The molecule has 0 aromatic rings. The lowest BCUT2D eigenvalue weighted by Gasteiger charge is -2.26. The highest BCUT2D eigenvalue weighted by molar-refractivity contribution is 7.91. The summed E-state index contributed by atoms with van der Waals surface area (Å²) in [5, 5.41) is 5.98. The number of hydrogen-bond acceptors (Lipinski definition) is 5. The van der Waals surface area contributed by atoms with Crippen molar-refractivity contribution < 1.29 is 13.2 Å². The van der Waals surface area contributed by atoms with Gasteiger partial charge in [0.05, 0.1) is 11.5 Å². The highest BCUT2D eigenvalue weighted by Crippen LogP contribution is 2.07. The maximum absolute atomic E-state index is 11.8. The van der Waals surface area contributed by atoms with Gasteiger partial charge < -0.3 is 15.5 Å². The number of nitrogens with zero attached hydrogens (tertiary/aromatic N) is 1. The summed E-state index contributed by atoms with van der Waals surface area (Å²) in [6.07, 6.45) is 4.06. The average molecular weight is 303 g/mol. The molecule has 7 heteroatoms. The fourth-order valence-corrected chi connectivity index (χ4v) is 4.28. The van der Waals surface area contributed by atoms with Crippen molar-refractivity contribution in [1.82, 2.24) is 15.5 Å². The summed E-state index contributed by atoms with van der Waals surface area (Å²) in [7, 11) is -2.97. The van der Waals surface area contributed by atoms with E-state index < -0.39 is 9.84 Å². The average Bonchev–Trinajstić information content (AvgIpc) is 2.38. The predicted octanol–water partition coefficient (Wildman–Crippen LogP) is -0.635. The molecule has 2 saturated heterocycles. The van der Waals surface area contributed by atoms with Gasteiger partial charge in [0, 0.05) is 32.1 Å². The third-order valence-corrected chi connectivity index (χ3v) is 5.67. The van der Waals surface area contributed by atoms with Crippen LogP contribution in [0.25, 0.3) is 0 Å². The van der Waals surface area contributed by atoms with Gasteiger partial charge >= 0.3 is 0 Å². The first kappa shape index (κ1) is 15.7. The standard InChI is InChI=1S/C13H25N3O3S/c17-13(10-12-11-20(18,19)9-5-14-12)15-4-8-16-6-2-1-3-7-16/h12,14H,1-11H2,(H,15,17). The number of sulfone groups is 1. The minimum absolute atomic E-state index is 0.0587. The number of hydrogen-bond donors (Lipinski definition) is 2. The van der Waals surface area contributed by atoms with Gasteiger partial charge in [-0.05, 0) is 25.9 Å². The van der Waals surface area contributed by atoms with E-state index in [1.807, 2.05) is 0 Å². The van der Waals surface area contributed by atoms with Crippen LogP contribution < -0.4 is 10.6 Å². The molecule has 0 spiro atoms. The normalized spacial score (nSPS) is 27.1. The molecule has 2 rings (SSSR count). The van der Waals surface area contributed by atoms with Crippen LogP contribution in [0.4, 0.5) is 0 Å². The molecular weight excluding hydrogens is 278 g/mol. The minimum atomic E-state index is -2.97. The predicted molar refractivity (Wildman–Crippen MR) is 78.4 cm³/mol. The molecule has 6 nitrogen and oxygen atoms in total. The lowest BCUT2D eigenvalue weighted by Crippen LogP contribution is -2.47. The Hall–Kier alpha value is -0.660. The zero-order valence-electron chi connectivity index (χ0n) is 11.9. The van der Waals surface area contributed by atoms with Crippen LogP contribution in [0.2, 0.25) is 0 Å². The van der Waals surface area contributed by atoms with Crippen LogP contribution in [0.5, 0.6) is 0 Å². The molecule has 1 atom stereocenters. The highest BCUT2D eigenvalue weighted by Gasteiger charge is 2.25. The summed E-state index contributed by atoms with van der Waals surface area (Å²) in [6.45, 7) is 4.24. The fourth-order valence-electron chi connectivity index (χ4n) is 2.83. The number of amides is 1. The van der Waals surface area contributed by atoms with Crippen molar-refractivity contribution in [3.05, 3.63) is 0 Å². The van der Waals surface area contributed by atoms with Crippen molar-refractivity contribution in [2.24, 2.45) is 0 Å². The van der Waals surface area contributed by atoms with Gasteiger partial charge in [-0.1, -0.05) is 6.42 Å². The van der Waals surface area contributed by atoms with Crippen LogP contribution >= 0.6 is 0 Å². The van der Waals surface area contributed by atoms with E-state index >= 15 is 0 Å². The summed E-state index contributed by atoms with van der Waals surface area (Å²) < 4.78 is 23.0. The van der Waals surface area contributed by atoms with E-state index in [1.54, 1.807) is 0 Å². The molecule has 0 aromatic carbocycles. The van der Waals surface area contributed by atoms with E-state index in [4.69, 9.17) is 0 Å². The summed E-state index contributed by atoms with van der Waals surface area (Å²) >= 11 is 0. The van der Waals surface area contributed by atoms with E-state index in [0.29, 0.717) is 13.1 Å². The number of nitrogens with one attached hydrogen (secondary N) is 2. The van der Waals surface area contributed by atoms with E-state index in [9.17, 15) is 13.2 Å². The Morgan fingerprint density at radius 1 is 1.25 bits per heavy atom. The van der Waals surface area contributed by atoms with Gasteiger partial charge in [0.2, 0.25) is 5.91 Å². The summed E-state index contributed by atoms with van der Waals surface area (Å²) in [4.78, 5) is 14.2. The monoisotopic (exact) mass is 303 g/mol. The lowest BCUT2D eigenvalue weighted by atomic mass is 10.1. The van der Waals surface area contributed by atoms with Gasteiger partial charge in [-0.15, -0.1) is 0 Å². The first-order chi connectivity index (χ1) is 9.55. The molecule has 0 aromatic heterocycles. The molecule has 2 aliphatic heterocycles. The minimum Gasteiger partial charge on any atom is -0.355 e. The molecule has 0 saturated carbocycles. The molecule has 1 unspecified atom stereocenters. The maximum atomic E-state index is 11.8. The second-order valence-electron chi connectivity index (χ2n) is 5.72. The van der Waals surface area contributed by atoms with Crippen LogP contribution in [0.1, 0.15) is 25.7 Å². The quantitative estimate of drug-likeness (QED) is 0.707. The number of rotatable bonds is 5. The van der Waals surface area contributed by atoms with E-state index in [0.717, 1.165) is 19.6 Å². The van der Waals surface area contributed by atoms with E-state index in [-0.39, 0.29) is 29.9 Å². The zero-order chi connectivity index (χ0) is 14.4. The number of likely N-dealkylation sites (tertiary alicyclic amines) is 1. The highest BCUT2D eigenvalue weighted by atomic mass is 32.2. The van der Waals surface area contributed by atoms with Gasteiger partial charge in [0.15, 0.2) is 9.84 Å². The van der Waals surface area contributed by atoms with Gasteiger partial charge in [-0.25, -0.2) is 8.42 Å². The van der Waals surface area contributed by atoms with Crippen LogP contribution in [0.3, 0.4) is 0 Å². The topological polar surface area (TPSA) is 78.5 Å². The van der Waals surface area contributed by atoms with Gasteiger partial charge in [0.1, 0.15) is 0 Å². The van der Waals surface area contributed by atoms with Crippen molar-refractivity contribution >= 4 is 15.7 Å². The smallest absolute Gasteiger partial charge is 0.221 e. The van der Waals surface area contributed by atoms with Gasteiger partial charge in [0.25, 0.3) is 0 Å². The van der Waals surface area contributed by atoms with Gasteiger partial charge in [-0.3, -0.25) is 4.79 Å². The Morgan fingerprint density at radius 2 is 2.00 bits per heavy atom. The van der Waals surface area contributed by atoms with Crippen molar-refractivity contribution in [2.45, 2.75) is 31.7 Å². The summed E-state index contributed by atoms with van der Waals surface area (Å²) in [5.74, 6) is 0.198. The molecule has 2 N–H and O–H groups in total.